The van der Waals surface area contributed by atoms with Crippen LogP contribution in [0.25, 0.3) is 22.2 Å². The maximum atomic E-state index is 6.19. The van der Waals surface area contributed by atoms with Crippen LogP contribution >= 0.6 is 23.4 Å². The molecule has 0 bridgehead atoms. The van der Waals surface area contributed by atoms with E-state index in [0.29, 0.717) is 11.6 Å². The zero-order valence-corrected chi connectivity index (χ0v) is 15.1. The molecule has 0 N–H and O–H groups in total. The normalized spacial score (nSPS) is 11.1. The van der Waals surface area contributed by atoms with E-state index in [9.17, 15) is 0 Å². The van der Waals surface area contributed by atoms with Crippen molar-refractivity contribution < 1.29 is 0 Å². The summed E-state index contributed by atoms with van der Waals surface area (Å²) in [7, 11) is 0. The maximum Gasteiger partial charge on any atom is 0.113 e. The van der Waals surface area contributed by atoms with Crippen molar-refractivity contribution in [3.63, 3.8) is 0 Å². The highest BCUT2D eigenvalue weighted by Gasteiger charge is 2.12. The van der Waals surface area contributed by atoms with Gasteiger partial charge in [0.25, 0.3) is 0 Å². The van der Waals surface area contributed by atoms with E-state index in [-0.39, 0.29) is 0 Å². The van der Waals surface area contributed by atoms with Crippen LogP contribution in [0.4, 0.5) is 0 Å². The number of rotatable bonds is 4. The zero-order valence-electron chi connectivity index (χ0n) is 13.6. The summed E-state index contributed by atoms with van der Waals surface area (Å²) in [4.78, 5) is 4.64. The second kappa shape index (κ2) is 6.86. The van der Waals surface area contributed by atoms with E-state index in [1.165, 1.54) is 5.56 Å². The molecule has 6 heteroatoms. The average Bonchev–Trinajstić information content (AvgIpc) is 3.10. The first-order valence-corrected chi connectivity index (χ1v) is 9.42. The highest BCUT2D eigenvalue weighted by molar-refractivity contribution is 7.98. The Balaban J connectivity index is 1.78. The molecule has 25 heavy (non-hydrogen) atoms. The number of fused-ring (bicyclic) bond motifs is 1. The van der Waals surface area contributed by atoms with Gasteiger partial charge in [-0.1, -0.05) is 47.1 Å². The topological polar surface area (TPSA) is 43.6 Å². The number of thioether (sulfide) groups is 1. The van der Waals surface area contributed by atoms with Crippen LogP contribution in [0.1, 0.15) is 5.56 Å². The Hall–Kier alpha value is -2.37. The van der Waals surface area contributed by atoms with E-state index in [2.05, 4.69) is 27.4 Å². The molecule has 0 fully saturated rings. The van der Waals surface area contributed by atoms with Gasteiger partial charge in [-0.25, -0.2) is 9.67 Å². The number of halogens is 1. The van der Waals surface area contributed by atoms with Crippen molar-refractivity contribution >= 4 is 34.3 Å². The van der Waals surface area contributed by atoms with E-state index in [0.717, 1.165) is 27.2 Å². The largest absolute Gasteiger partial charge is 0.247 e. The summed E-state index contributed by atoms with van der Waals surface area (Å²) in [5.41, 5.74) is 3.91. The van der Waals surface area contributed by atoms with Crippen molar-refractivity contribution in [2.45, 2.75) is 11.6 Å². The molecule has 0 spiro atoms. The maximum absolute atomic E-state index is 6.19. The lowest BCUT2D eigenvalue weighted by molar-refractivity contribution is 0.650. The Kier molecular flexibility index (Phi) is 4.42. The Morgan fingerprint density at radius 3 is 2.72 bits per heavy atom. The van der Waals surface area contributed by atoms with Gasteiger partial charge in [0, 0.05) is 16.0 Å². The molecule has 0 unspecified atom stereocenters. The third kappa shape index (κ3) is 3.38. The van der Waals surface area contributed by atoms with Crippen LogP contribution in [0.5, 0.6) is 0 Å². The van der Waals surface area contributed by atoms with E-state index in [4.69, 9.17) is 11.6 Å². The second-order valence-electron chi connectivity index (χ2n) is 5.66. The summed E-state index contributed by atoms with van der Waals surface area (Å²) in [6, 6.07) is 18.0. The number of hydrogen-bond donors (Lipinski definition) is 0. The van der Waals surface area contributed by atoms with E-state index in [1.54, 1.807) is 11.8 Å². The van der Waals surface area contributed by atoms with Gasteiger partial charge in [0.05, 0.1) is 23.3 Å². The Labute approximate surface area is 154 Å². The number of aromatic nitrogens is 4. The van der Waals surface area contributed by atoms with Crippen molar-refractivity contribution in [3.05, 3.63) is 71.4 Å². The third-order valence-electron chi connectivity index (χ3n) is 3.96. The molecule has 124 valence electrons. The van der Waals surface area contributed by atoms with Crippen LogP contribution < -0.4 is 0 Å². The molecule has 0 radical (unpaired) electrons. The van der Waals surface area contributed by atoms with Crippen LogP contribution in [0, 0.1) is 0 Å². The summed E-state index contributed by atoms with van der Waals surface area (Å²) < 4.78 is 1.85. The first-order valence-electron chi connectivity index (χ1n) is 7.81. The number of pyridine rings is 1. The van der Waals surface area contributed by atoms with Crippen LogP contribution in [0.15, 0.2) is 65.8 Å². The van der Waals surface area contributed by atoms with E-state index >= 15 is 0 Å². The molecule has 0 atom stereocenters. The molecular formula is C19H15ClN4S. The van der Waals surface area contributed by atoms with Gasteiger partial charge >= 0.3 is 0 Å². The van der Waals surface area contributed by atoms with Crippen molar-refractivity contribution in [2.75, 3.05) is 6.26 Å². The van der Waals surface area contributed by atoms with Crippen molar-refractivity contribution in [1.82, 2.24) is 20.0 Å². The van der Waals surface area contributed by atoms with Gasteiger partial charge in [0.2, 0.25) is 0 Å². The Morgan fingerprint density at radius 1 is 1.08 bits per heavy atom. The van der Waals surface area contributed by atoms with Gasteiger partial charge in [0.15, 0.2) is 0 Å². The van der Waals surface area contributed by atoms with Crippen LogP contribution in [0.2, 0.25) is 5.02 Å². The molecule has 2 heterocycles. The van der Waals surface area contributed by atoms with Gasteiger partial charge in [0.1, 0.15) is 5.69 Å². The SMILES string of the molecule is CSc1cc(-c2cn(Cc3ccccc3)nn2)c2cc(Cl)ccc2n1. The number of nitrogens with zero attached hydrogens (tertiary/aromatic N) is 4. The lowest BCUT2D eigenvalue weighted by atomic mass is 10.1. The summed E-state index contributed by atoms with van der Waals surface area (Å²) in [6.07, 6.45) is 3.98. The predicted molar refractivity (Wildman–Crippen MR) is 103 cm³/mol. The van der Waals surface area contributed by atoms with E-state index in [1.807, 2.05) is 59.6 Å². The van der Waals surface area contributed by atoms with Crippen LogP contribution in [-0.2, 0) is 6.54 Å². The monoisotopic (exact) mass is 366 g/mol. The molecule has 4 aromatic rings. The number of hydrogen-bond acceptors (Lipinski definition) is 4. The van der Waals surface area contributed by atoms with Gasteiger partial charge in [-0.05, 0) is 36.1 Å². The molecule has 2 aromatic heterocycles. The molecule has 0 saturated heterocycles. The van der Waals surface area contributed by atoms with Crippen molar-refractivity contribution in [3.8, 4) is 11.3 Å². The molecule has 0 saturated carbocycles. The molecular weight excluding hydrogens is 352 g/mol. The van der Waals surface area contributed by atoms with Crippen molar-refractivity contribution in [1.29, 1.82) is 0 Å². The average molecular weight is 367 g/mol. The zero-order chi connectivity index (χ0) is 17.2. The summed E-state index contributed by atoms with van der Waals surface area (Å²) in [6.45, 7) is 0.687. The fourth-order valence-electron chi connectivity index (χ4n) is 2.76. The fraction of sp³-hybridized carbons (Fsp3) is 0.105. The van der Waals surface area contributed by atoms with Crippen LogP contribution in [-0.4, -0.2) is 26.2 Å². The first kappa shape index (κ1) is 16.1. The summed E-state index contributed by atoms with van der Waals surface area (Å²) >= 11 is 7.80. The van der Waals surface area contributed by atoms with Gasteiger partial charge < -0.3 is 0 Å². The molecule has 4 rings (SSSR count). The van der Waals surface area contributed by atoms with Crippen molar-refractivity contribution in [2.24, 2.45) is 0 Å². The standard InChI is InChI=1S/C19H15ClN4S/c1-25-19-10-16(15-9-14(20)7-8-17(15)21-19)18-12-24(23-22-18)11-13-5-3-2-4-6-13/h2-10,12H,11H2,1H3. The first-order chi connectivity index (χ1) is 12.2. The second-order valence-corrected chi connectivity index (χ2v) is 6.92. The van der Waals surface area contributed by atoms with Gasteiger partial charge in [-0.2, -0.15) is 0 Å². The molecule has 4 nitrogen and oxygen atoms in total. The van der Waals surface area contributed by atoms with Gasteiger partial charge in [-0.3, -0.25) is 0 Å². The Morgan fingerprint density at radius 2 is 1.92 bits per heavy atom. The Bertz CT molecular complexity index is 1030. The smallest absolute Gasteiger partial charge is 0.113 e. The number of benzene rings is 2. The summed E-state index contributed by atoms with van der Waals surface area (Å²) in [5.74, 6) is 0. The van der Waals surface area contributed by atoms with E-state index < -0.39 is 0 Å². The van der Waals surface area contributed by atoms with Crippen LogP contribution in [0.3, 0.4) is 0 Å². The molecule has 0 aliphatic carbocycles. The third-order valence-corrected chi connectivity index (χ3v) is 4.82. The minimum Gasteiger partial charge on any atom is -0.247 e. The minimum atomic E-state index is 0.684. The lowest BCUT2D eigenvalue weighted by Gasteiger charge is -2.06. The highest BCUT2D eigenvalue weighted by Crippen LogP contribution is 2.31. The molecule has 0 aliphatic rings. The quantitative estimate of drug-likeness (QED) is 0.481. The fourth-order valence-corrected chi connectivity index (χ4v) is 3.36. The summed E-state index contributed by atoms with van der Waals surface area (Å²) in [5, 5.41) is 11.3. The lowest BCUT2D eigenvalue weighted by Crippen LogP contribution is -1.99. The molecule has 2 aromatic carbocycles. The minimum absolute atomic E-state index is 0.684. The van der Waals surface area contributed by atoms with Gasteiger partial charge in [-0.15, -0.1) is 16.9 Å². The molecule has 0 amide bonds. The highest BCUT2D eigenvalue weighted by atomic mass is 35.5. The predicted octanol–water partition coefficient (Wildman–Crippen LogP) is 4.92. The molecule has 0 aliphatic heterocycles.